The van der Waals surface area contributed by atoms with Crippen LogP contribution < -0.4 is 5.56 Å². The monoisotopic (exact) mass is 363 g/mol. The predicted molar refractivity (Wildman–Crippen MR) is 100 cm³/mol. The molecule has 136 valence electrons. The number of aryl methyl sites for hydroxylation is 1. The van der Waals surface area contributed by atoms with Crippen LogP contribution in [0.25, 0.3) is 10.9 Å². The molecule has 0 amide bonds. The van der Waals surface area contributed by atoms with E-state index >= 15 is 0 Å². The van der Waals surface area contributed by atoms with E-state index in [0.29, 0.717) is 39.1 Å². The first-order valence-corrected chi connectivity index (χ1v) is 10.3. The normalized spacial score (nSPS) is 17.2. The fourth-order valence-corrected chi connectivity index (χ4v) is 4.83. The van der Waals surface area contributed by atoms with Gasteiger partial charge in [-0.15, -0.1) is 0 Å². The first kappa shape index (κ1) is 18.1. The van der Waals surface area contributed by atoms with Crippen molar-refractivity contribution in [3.8, 4) is 0 Å². The van der Waals surface area contributed by atoms with Gasteiger partial charge in [0.1, 0.15) is 0 Å². The van der Waals surface area contributed by atoms with Crippen molar-refractivity contribution >= 4 is 20.9 Å². The summed E-state index contributed by atoms with van der Waals surface area (Å²) in [4.78, 5) is 17.5. The van der Waals surface area contributed by atoms with Crippen molar-refractivity contribution in [2.45, 2.75) is 26.8 Å². The van der Waals surface area contributed by atoms with Crippen molar-refractivity contribution < 1.29 is 8.42 Å². The van der Waals surface area contributed by atoms with E-state index in [1.165, 1.54) is 0 Å². The summed E-state index contributed by atoms with van der Waals surface area (Å²) < 4.78 is 25.8. The number of sulfonamides is 1. The highest BCUT2D eigenvalue weighted by molar-refractivity contribution is 7.89. The summed E-state index contributed by atoms with van der Waals surface area (Å²) in [5.41, 5.74) is 2.59. The van der Waals surface area contributed by atoms with Gasteiger partial charge in [-0.2, -0.15) is 4.31 Å². The van der Waals surface area contributed by atoms with Crippen LogP contribution in [0.5, 0.6) is 0 Å². The van der Waals surface area contributed by atoms with Gasteiger partial charge in [0, 0.05) is 38.3 Å². The summed E-state index contributed by atoms with van der Waals surface area (Å²) in [5, 5.41) is 1.03. The number of nitrogens with zero attached hydrogens (tertiary/aromatic N) is 2. The maximum atomic E-state index is 12.4. The quantitative estimate of drug-likeness (QED) is 0.877. The third-order valence-corrected chi connectivity index (χ3v) is 6.82. The van der Waals surface area contributed by atoms with Gasteiger partial charge in [0.15, 0.2) is 0 Å². The molecule has 7 heteroatoms. The number of benzene rings is 1. The first-order chi connectivity index (χ1) is 11.9. The summed E-state index contributed by atoms with van der Waals surface area (Å²) in [6, 6.07) is 7.91. The lowest BCUT2D eigenvalue weighted by atomic mass is 10.1. The summed E-state index contributed by atoms with van der Waals surface area (Å²) >= 11 is 0. The lowest BCUT2D eigenvalue weighted by Gasteiger charge is -2.33. The van der Waals surface area contributed by atoms with Gasteiger partial charge in [-0.05, 0) is 30.4 Å². The average molecular weight is 363 g/mol. The van der Waals surface area contributed by atoms with Crippen molar-refractivity contribution in [2.75, 3.05) is 31.9 Å². The number of aromatic nitrogens is 1. The van der Waals surface area contributed by atoms with E-state index < -0.39 is 10.0 Å². The Morgan fingerprint density at radius 1 is 1.16 bits per heavy atom. The molecule has 0 unspecified atom stereocenters. The van der Waals surface area contributed by atoms with Gasteiger partial charge in [0.25, 0.3) is 5.56 Å². The molecule has 1 aromatic heterocycles. The van der Waals surface area contributed by atoms with Crippen LogP contribution in [0.3, 0.4) is 0 Å². The number of piperazine rings is 1. The molecule has 25 heavy (non-hydrogen) atoms. The summed E-state index contributed by atoms with van der Waals surface area (Å²) in [5.74, 6) is 0.205. The molecule has 0 saturated carbocycles. The zero-order valence-corrected chi connectivity index (χ0v) is 15.6. The number of H-pyrrole nitrogens is 1. The highest BCUT2D eigenvalue weighted by Crippen LogP contribution is 2.16. The van der Waals surface area contributed by atoms with E-state index in [0.717, 1.165) is 22.0 Å². The van der Waals surface area contributed by atoms with Crippen molar-refractivity contribution in [1.29, 1.82) is 0 Å². The van der Waals surface area contributed by atoms with E-state index in [1.807, 2.05) is 38.1 Å². The second kappa shape index (κ2) is 7.27. The number of nitrogens with one attached hydrogen (secondary N) is 1. The fraction of sp³-hybridized carbons (Fsp3) is 0.500. The Morgan fingerprint density at radius 2 is 1.88 bits per heavy atom. The lowest BCUT2D eigenvalue weighted by Crippen LogP contribution is -2.49. The van der Waals surface area contributed by atoms with Gasteiger partial charge in [-0.25, -0.2) is 8.42 Å². The molecule has 0 bridgehead atoms. The molecule has 1 fully saturated rings. The molecule has 0 spiro atoms. The minimum atomic E-state index is -3.13. The maximum Gasteiger partial charge on any atom is 0.252 e. The van der Waals surface area contributed by atoms with Crippen LogP contribution >= 0.6 is 0 Å². The first-order valence-electron chi connectivity index (χ1n) is 8.72. The Labute approximate surface area is 148 Å². The molecule has 0 aliphatic carbocycles. The van der Waals surface area contributed by atoms with Crippen molar-refractivity contribution in [1.82, 2.24) is 14.2 Å². The Bertz CT molecular complexity index is 913. The fourth-order valence-electron chi connectivity index (χ4n) is 3.34. The standard InChI is InChI=1S/C18H25N3O3S/c1-3-11-25(23,24)21-9-7-20(8-10-21)13-16-12-15-6-4-5-14(2)17(15)19-18(16)22/h4-6,12H,3,7-11,13H2,1-2H3,(H,19,22). The largest absolute Gasteiger partial charge is 0.321 e. The van der Waals surface area contributed by atoms with Crippen LogP contribution in [0.1, 0.15) is 24.5 Å². The van der Waals surface area contributed by atoms with E-state index in [1.54, 1.807) is 4.31 Å². The van der Waals surface area contributed by atoms with Crippen molar-refractivity contribution in [3.63, 3.8) is 0 Å². The molecule has 1 saturated heterocycles. The van der Waals surface area contributed by atoms with E-state index in [2.05, 4.69) is 9.88 Å². The van der Waals surface area contributed by atoms with Crippen molar-refractivity contribution in [3.05, 3.63) is 45.7 Å². The molecule has 3 rings (SSSR count). The maximum absolute atomic E-state index is 12.4. The van der Waals surface area contributed by atoms with Gasteiger partial charge in [-0.1, -0.05) is 25.1 Å². The molecular weight excluding hydrogens is 338 g/mol. The van der Waals surface area contributed by atoms with Gasteiger partial charge in [0.2, 0.25) is 10.0 Å². The Morgan fingerprint density at radius 3 is 2.56 bits per heavy atom. The zero-order chi connectivity index (χ0) is 18.0. The molecule has 1 aromatic carbocycles. The summed E-state index contributed by atoms with van der Waals surface area (Å²) in [6.45, 7) is 6.68. The molecule has 2 heterocycles. The SMILES string of the molecule is CCCS(=O)(=O)N1CCN(Cc2cc3cccc(C)c3[nH]c2=O)CC1. The molecule has 1 aliphatic heterocycles. The van der Waals surface area contributed by atoms with E-state index in [9.17, 15) is 13.2 Å². The molecular formula is C18H25N3O3S. The molecule has 1 aliphatic rings. The van der Waals surface area contributed by atoms with Crippen LogP contribution in [-0.4, -0.2) is 54.5 Å². The van der Waals surface area contributed by atoms with Crippen molar-refractivity contribution in [2.24, 2.45) is 0 Å². The van der Waals surface area contributed by atoms with Crippen LogP contribution in [0.15, 0.2) is 29.1 Å². The number of rotatable bonds is 5. The number of hydrogen-bond acceptors (Lipinski definition) is 4. The van der Waals surface area contributed by atoms with Crippen LogP contribution in [0.2, 0.25) is 0 Å². The van der Waals surface area contributed by atoms with Crippen LogP contribution in [0.4, 0.5) is 0 Å². The smallest absolute Gasteiger partial charge is 0.252 e. The minimum Gasteiger partial charge on any atom is -0.321 e. The Kier molecular flexibility index (Phi) is 5.27. The second-order valence-corrected chi connectivity index (χ2v) is 8.74. The number of pyridine rings is 1. The van der Waals surface area contributed by atoms with E-state index in [4.69, 9.17) is 0 Å². The van der Waals surface area contributed by atoms with Gasteiger partial charge < -0.3 is 4.98 Å². The van der Waals surface area contributed by atoms with Crippen LogP contribution in [0, 0.1) is 6.92 Å². The number of aromatic amines is 1. The Balaban J connectivity index is 1.71. The topological polar surface area (TPSA) is 73.5 Å². The predicted octanol–water partition coefficient (Wildman–Crippen LogP) is 1.69. The minimum absolute atomic E-state index is 0.0668. The zero-order valence-electron chi connectivity index (χ0n) is 14.8. The summed E-state index contributed by atoms with van der Waals surface area (Å²) in [6.07, 6.45) is 0.633. The van der Waals surface area contributed by atoms with Crippen LogP contribution in [-0.2, 0) is 16.6 Å². The number of para-hydroxylation sites is 1. The molecule has 0 atom stereocenters. The highest BCUT2D eigenvalue weighted by atomic mass is 32.2. The van der Waals surface area contributed by atoms with Gasteiger partial charge >= 0.3 is 0 Å². The third-order valence-electron chi connectivity index (χ3n) is 4.75. The molecule has 0 radical (unpaired) electrons. The summed E-state index contributed by atoms with van der Waals surface area (Å²) in [7, 11) is -3.13. The highest BCUT2D eigenvalue weighted by Gasteiger charge is 2.26. The Hall–Kier alpha value is -1.70. The van der Waals surface area contributed by atoms with Gasteiger partial charge in [0.05, 0.1) is 11.3 Å². The lowest BCUT2D eigenvalue weighted by molar-refractivity contribution is 0.181. The average Bonchev–Trinajstić information content (AvgIpc) is 2.57. The van der Waals surface area contributed by atoms with Gasteiger partial charge in [-0.3, -0.25) is 9.69 Å². The second-order valence-electron chi connectivity index (χ2n) is 6.65. The molecule has 2 aromatic rings. The molecule has 1 N–H and O–H groups in total. The third kappa shape index (κ3) is 3.94. The number of fused-ring (bicyclic) bond motifs is 1. The van der Waals surface area contributed by atoms with E-state index in [-0.39, 0.29) is 11.3 Å². The molecule has 6 nitrogen and oxygen atoms in total. The number of hydrogen-bond donors (Lipinski definition) is 1.